The van der Waals surface area contributed by atoms with E-state index in [1.54, 1.807) is 11.8 Å². The zero-order chi connectivity index (χ0) is 10.6. The first-order valence-electron chi connectivity index (χ1n) is 4.30. The smallest absolute Gasteiger partial charge is 0.234 e. The van der Waals surface area contributed by atoms with E-state index in [0.29, 0.717) is 13.0 Å². The maximum Gasteiger partial charge on any atom is 0.234 e. The van der Waals surface area contributed by atoms with E-state index < -0.39 is 0 Å². The van der Waals surface area contributed by atoms with Gasteiger partial charge in [0, 0.05) is 12.6 Å². The Labute approximate surface area is 82.4 Å². The minimum Gasteiger partial charge on any atom is -0.481 e. The number of isocyanates is 1. The maximum atomic E-state index is 9.90. The summed E-state index contributed by atoms with van der Waals surface area (Å²) in [5.74, 6) is 0.726. The third kappa shape index (κ3) is 2.00. The predicted octanol–water partition coefficient (Wildman–Crippen LogP) is 0.615. The lowest BCUT2D eigenvalue weighted by molar-refractivity contribution is 0.369. The van der Waals surface area contributed by atoms with Gasteiger partial charge in [0.1, 0.15) is 0 Å². The largest absolute Gasteiger partial charge is 0.481 e. The summed E-state index contributed by atoms with van der Waals surface area (Å²) in [5.41, 5.74) is 1.90. The predicted molar refractivity (Wildman–Crippen MR) is 51.2 cm³/mol. The van der Waals surface area contributed by atoms with Crippen molar-refractivity contribution in [2.45, 2.75) is 13.3 Å². The van der Waals surface area contributed by atoms with E-state index in [4.69, 9.17) is 4.74 Å². The second-order valence-electron chi connectivity index (χ2n) is 2.92. The fourth-order valence-electron chi connectivity index (χ4n) is 1.44. The van der Waals surface area contributed by atoms with Gasteiger partial charge in [0.05, 0.1) is 19.3 Å². The van der Waals surface area contributed by atoms with Gasteiger partial charge in [0.15, 0.2) is 0 Å². The van der Waals surface area contributed by atoms with Crippen LogP contribution in [0.25, 0.3) is 0 Å². The molecule has 14 heavy (non-hydrogen) atoms. The van der Waals surface area contributed by atoms with Crippen molar-refractivity contribution in [3.8, 4) is 5.88 Å². The fraction of sp³-hybridized carbons (Fsp3) is 0.556. The SMILES string of the molecule is COc1c(CCN=C=O)c(C)nn1C. The molecule has 0 aliphatic carbocycles. The highest BCUT2D eigenvalue weighted by Crippen LogP contribution is 2.21. The molecule has 0 saturated heterocycles. The Hall–Kier alpha value is -1.61. The molecular weight excluding hydrogens is 182 g/mol. The van der Waals surface area contributed by atoms with Crippen molar-refractivity contribution in [3.05, 3.63) is 11.3 Å². The number of methoxy groups -OCH3 is 1. The van der Waals surface area contributed by atoms with Gasteiger partial charge in [0.2, 0.25) is 12.0 Å². The first-order valence-corrected chi connectivity index (χ1v) is 4.30. The van der Waals surface area contributed by atoms with E-state index in [2.05, 4.69) is 10.1 Å². The van der Waals surface area contributed by atoms with Gasteiger partial charge in [0.25, 0.3) is 0 Å². The van der Waals surface area contributed by atoms with Crippen LogP contribution < -0.4 is 4.74 Å². The molecule has 0 N–H and O–H groups in total. The number of rotatable bonds is 4. The van der Waals surface area contributed by atoms with Crippen LogP contribution in [0.3, 0.4) is 0 Å². The van der Waals surface area contributed by atoms with E-state index in [1.165, 1.54) is 6.08 Å². The number of hydrogen-bond donors (Lipinski definition) is 0. The van der Waals surface area contributed by atoms with Crippen LogP contribution >= 0.6 is 0 Å². The third-order valence-electron chi connectivity index (χ3n) is 2.02. The second kappa shape index (κ2) is 4.58. The first-order chi connectivity index (χ1) is 6.70. The van der Waals surface area contributed by atoms with Crippen LogP contribution in [-0.4, -0.2) is 29.5 Å². The normalized spacial score (nSPS) is 9.64. The summed E-state index contributed by atoms with van der Waals surface area (Å²) < 4.78 is 6.86. The average molecular weight is 195 g/mol. The topological polar surface area (TPSA) is 56.5 Å². The fourth-order valence-corrected chi connectivity index (χ4v) is 1.44. The molecule has 0 fully saturated rings. The highest BCUT2D eigenvalue weighted by atomic mass is 16.5. The van der Waals surface area contributed by atoms with Crippen LogP contribution in [0.5, 0.6) is 5.88 Å². The van der Waals surface area contributed by atoms with E-state index in [-0.39, 0.29) is 0 Å². The summed E-state index contributed by atoms with van der Waals surface area (Å²) in [7, 11) is 3.42. The summed E-state index contributed by atoms with van der Waals surface area (Å²) in [4.78, 5) is 13.4. The van der Waals surface area contributed by atoms with Gasteiger partial charge < -0.3 is 4.74 Å². The number of nitrogens with zero attached hydrogens (tertiary/aromatic N) is 3. The highest BCUT2D eigenvalue weighted by Gasteiger charge is 2.12. The lowest BCUT2D eigenvalue weighted by Crippen LogP contribution is -1.98. The van der Waals surface area contributed by atoms with Crippen LogP contribution in [0, 0.1) is 6.92 Å². The Morgan fingerprint density at radius 1 is 1.64 bits per heavy atom. The molecule has 1 rings (SSSR count). The molecule has 0 saturated carbocycles. The Morgan fingerprint density at radius 2 is 2.36 bits per heavy atom. The molecule has 0 radical (unpaired) electrons. The molecule has 1 heterocycles. The van der Waals surface area contributed by atoms with E-state index in [0.717, 1.165) is 17.1 Å². The van der Waals surface area contributed by atoms with Crippen molar-refractivity contribution in [3.63, 3.8) is 0 Å². The first kappa shape index (κ1) is 10.5. The number of aliphatic imine (C=N–C) groups is 1. The summed E-state index contributed by atoms with van der Waals surface area (Å²) >= 11 is 0. The van der Waals surface area contributed by atoms with Gasteiger partial charge in [-0.3, -0.25) is 0 Å². The monoisotopic (exact) mass is 195 g/mol. The van der Waals surface area contributed by atoms with Crippen molar-refractivity contribution in [1.29, 1.82) is 0 Å². The van der Waals surface area contributed by atoms with Crippen molar-refractivity contribution >= 4 is 6.08 Å². The molecule has 0 spiro atoms. The third-order valence-corrected chi connectivity index (χ3v) is 2.02. The summed E-state index contributed by atoms with van der Waals surface area (Å²) in [6, 6.07) is 0. The van der Waals surface area contributed by atoms with Gasteiger partial charge in [-0.1, -0.05) is 0 Å². The molecule has 0 aliphatic rings. The number of carbonyl (C=O) groups excluding carboxylic acids is 1. The van der Waals surface area contributed by atoms with E-state index in [9.17, 15) is 4.79 Å². The number of hydrogen-bond acceptors (Lipinski definition) is 4. The van der Waals surface area contributed by atoms with Gasteiger partial charge in [-0.2, -0.15) is 5.10 Å². The molecule has 0 atom stereocenters. The second-order valence-corrected chi connectivity index (χ2v) is 2.92. The minimum absolute atomic E-state index is 0.423. The van der Waals surface area contributed by atoms with Gasteiger partial charge in [-0.05, 0) is 13.3 Å². The van der Waals surface area contributed by atoms with Crippen LogP contribution in [0.15, 0.2) is 4.99 Å². The number of aromatic nitrogens is 2. The Balaban J connectivity index is 2.88. The summed E-state index contributed by atoms with van der Waals surface area (Å²) in [6.45, 7) is 2.33. The van der Waals surface area contributed by atoms with Crippen molar-refractivity contribution < 1.29 is 9.53 Å². The zero-order valence-electron chi connectivity index (χ0n) is 8.57. The molecule has 0 aromatic carbocycles. The van der Waals surface area contributed by atoms with Crippen LogP contribution in [0.1, 0.15) is 11.3 Å². The number of aryl methyl sites for hydroxylation is 2. The van der Waals surface area contributed by atoms with Crippen molar-refractivity contribution in [2.75, 3.05) is 13.7 Å². The van der Waals surface area contributed by atoms with Crippen LogP contribution in [0.4, 0.5) is 0 Å². The zero-order valence-corrected chi connectivity index (χ0v) is 8.57. The van der Waals surface area contributed by atoms with Crippen molar-refractivity contribution in [2.24, 2.45) is 12.0 Å². The molecule has 1 aromatic rings. The molecule has 0 amide bonds. The summed E-state index contributed by atoms with van der Waals surface area (Å²) in [5, 5.41) is 4.21. The molecule has 1 aromatic heterocycles. The average Bonchev–Trinajstić information content (AvgIpc) is 2.42. The van der Waals surface area contributed by atoms with Gasteiger partial charge in [-0.25, -0.2) is 14.5 Å². The van der Waals surface area contributed by atoms with Gasteiger partial charge >= 0.3 is 0 Å². The molecule has 0 bridgehead atoms. The Bertz CT molecular complexity index is 364. The molecule has 5 heteroatoms. The summed E-state index contributed by atoms with van der Waals surface area (Å²) in [6.07, 6.45) is 2.16. The quantitative estimate of drug-likeness (QED) is 0.522. The van der Waals surface area contributed by atoms with E-state index >= 15 is 0 Å². The number of ether oxygens (including phenoxy) is 1. The molecule has 0 unspecified atom stereocenters. The Morgan fingerprint density at radius 3 is 2.93 bits per heavy atom. The lowest BCUT2D eigenvalue weighted by Gasteiger charge is -2.02. The molecule has 76 valence electrons. The van der Waals surface area contributed by atoms with Crippen LogP contribution in [-0.2, 0) is 18.3 Å². The Kier molecular flexibility index (Phi) is 3.42. The standard InChI is InChI=1S/C9H13N3O2/c1-7-8(4-5-10-6-13)9(14-3)12(2)11-7/h4-5H2,1-3H3. The van der Waals surface area contributed by atoms with E-state index in [1.807, 2.05) is 14.0 Å². The highest BCUT2D eigenvalue weighted by molar-refractivity contribution is 5.34. The minimum atomic E-state index is 0.423. The molecule has 0 aliphatic heterocycles. The molecular formula is C9H13N3O2. The van der Waals surface area contributed by atoms with Crippen molar-refractivity contribution in [1.82, 2.24) is 9.78 Å². The lowest BCUT2D eigenvalue weighted by atomic mass is 10.2. The maximum absolute atomic E-state index is 9.90. The molecule has 5 nitrogen and oxygen atoms in total. The van der Waals surface area contributed by atoms with Crippen LogP contribution in [0.2, 0.25) is 0 Å². The van der Waals surface area contributed by atoms with Gasteiger partial charge in [-0.15, -0.1) is 0 Å².